The molecule has 0 fully saturated rings. The molecule has 1 N–H and O–H groups in total. The summed E-state index contributed by atoms with van der Waals surface area (Å²) in [7, 11) is 0. The van der Waals surface area contributed by atoms with E-state index in [0.717, 1.165) is 4.47 Å². The molecule has 17 heavy (non-hydrogen) atoms. The van der Waals surface area contributed by atoms with Gasteiger partial charge in [-0.3, -0.25) is 4.98 Å². The number of aromatic nitrogens is 2. The quantitative estimate of drug-likeness (QED) is 0.945. The number of halogens is 1. The van der Waals surface area contributed by atoms with Gasteiger partial charge in [0, 0.05) is 22.4 Å². The van der Waals surface area contributed by atoms with E-state index in [9.17, 15) is 5.11 Å². The smallest absolute Gasteiger partial charge is 0.225 e. The Bertz CT molecular complexity index is 517. The van der Waals surface area contributed by atoms with Gasteiger partial charge < -0.3 is 9.84 Å². The molecule has 0 amide bonds. The van der Waals surface area contributed by atoms with Crippen molar-refractivity contribution in [3.63, 3.8) is 0 Å². The molecule has 1 atom stereocenters. The van der Waals surface area contributed by atoms with E-state index in [-0.39, 0.29) is 0 Å². The molecule has 0 unspecified atom stereocenters. The van der Waals surface area contributed by atoms with Gasteiger partial charge in [-0.15, -0.1) is 0 Å². The first-order valence-corrected chi connectivity index (χ1v) is 5.87. The predicted octanol–water partition coefficient (Wildman–Crippen LogP) is 3.08. The zero-order valence-corrected chi connectivity index (χ0v) is 10.8. The predicted molar refractivity (Wildman–Crippen MR) is 66.9 cm³/mol. The molecule has 0 bridgehead atoms. The van der Waals surface area contributed by atoms with Gasteiger partial charge in [0.1, 0.15) is 5.75 Å². The molecule has 0 saturated heterocycles. The zero-order valence-electron chi connectivity index (χ0n) is 9.17. The van der Waals surface area contributed by atoms with Crippen molar-refractivity contribution in [3.8, 4) is 11.6 Å². The zero-order chi connectivity index (χ0) is 12.3. The summed E-state index contributed by atoms with van der Waals surface area (Å²) in [6.07, 6.45) is 4.25. The van der Waals surface area contributed by atoms with Crippen molar-refractivity contribution in [2.24, 2.45) is 0 Å². The Labute approximate surface area is 107 Å². The molecule has 0 aliphatic heterocycles. The highest BCUT2D eigenvalue weighted by molar-refractivity contribution is 9.10. The Hall–Kier alpha value is -1.46. The highest BCUT2D eigenvalue weighted by Gasteiger charge is 2.10. The summed E-state index contributed by atoms with van der Waals surface area (Å²) in [5, 5.41) is 9.59. The number of rotatable bonds is 3. The van der Waals surface area contributed by atoms with E-state index in [4.69, 9.17) is 4.74 Å². The third-order valence-corrected chi connectivity index (χ3v) is 2.58. The van der Waals surface area contributed by atoms with Gasteiger partial charge >= 0.3 is 0 Å². The summed E-state index contributed by atoms with van der Waals surface area (Å²) in [5.74, 6) is 0.961. The number of nitrogens with zero attached hydrogens (tertiary/aromatic N) is 2. The van der Waals surface area contributed by atoms with Crippen LogP contribution in [-0.2, 0) is 0 Å². The van der Waals surface area contributed by atoms with E-state index in [1.807, 2.05) is 0 Å². The van der Waals surface area contributed by atoms with E-state index in [2.05, 4.69) is 25.9 Å². The summed E-state index contributed by atoms with van der Waals surface area (Å²) in [6.45, 7) is 1.67. The van der Waals surface area contributed by atoms with Crippen LogP contribution in [0.25, 0.3) is 0 Å². The minimum atomic E-state index is -0.626. The fraction of sp³-hybridized carbons (Fsp3) is 0.167. The normalized spacial score (nSPS) is 12.2. The third-order valence-electron chi connectivity index (χ3n) is 2.14. The van der Waals surface area contributed by atoms with Gasteiger partial charge in [0.15, 0.2) is 0 Å². The van der Waals surface area contributed by atoms with Crippen molar-refractivity contribution in [2.75, 3.05) is 0 Å². The molecule has 2 heterocycles. The molecular formula is C12H11BrN2O2. The maximum absolute atomic E-state index is 9.59. The lowest BCUT2D eigenvalue weighted by Gasteiger charge is -2.11. The second-order valence-corrected chi connectivity index (χ2v) is 4.43. The number of hydrogen-bond donors (Lipinski definition) is 1. The van der Waals surface area contributed by atoms with Crippen LogP contribution in [0.15, 0.2) is 41.3 Å². The lowest BCUT2D eigenvalue weighted by atomic mass is 10.2. The monoisotopic (exact) mass is 294 g/mol. The Morgan fingerprint density at radius 1 is 1.41 bits per heavy atom. The molecular weight excluding hydrogens is 284 g/mol. The average molecular weight is 295 g/mol. The second kappa shape index (κ2) is 5.25. The van der Waals surface area contributed by atoms with Crippen molar-refractivity contribution < 1.29 is 9.84 Å². The molecule has 2 rings (SSSR count). The molecule has 0 saturated carbocycles. The van der Waals surface area contributed by atoms with Crippen LogP contribution in [-0.4, -0.2) is 15.1 Å². The van der Waals surface area contributed by atoms with Crippen molar-refractivity contribution in [2.45, 2.75) is 13.0 Å². The maximum Gasteiger partial charge on any atom is 0.225 e. The molecule has 0 aliphatic carbocycles. The number of hydrogen-bond acceptors (Lipinski definition) is 4. The van der Waals surface area contributed by atoms with Gasteiger partial charge in [-0.05, 0) is 41.1 Å². The van der Waals surface area contributed by atoms with Crippen LogP contribution in [0.3, 0.4) is 0 Å². The lowest BCUT2D eigenvalue weighted by Crippen LogP contribution is -1.98. The topological polar surface area (TPSA) is 55.2 Å². The average Bonchev–Trinajstić information content (AvgIpc) is 2.29. The fourth-order valence-corrected chi connectivity index (χ4v) is 1.71. The lowest BCUT2D eigenvalue weighted by molar-refractivity contribution is 0.194. The van der Waals surface area contributed by atoms with Crippen molar-refractivity contribution in [1.29, 1.82) is 0 Å². The first-order valence-electron chi connectivity index (χ1n) is 5.08. The van der Waals surface area contributed by atoms with Crippen LogP contribution in [0.5, 0.6) is 11.6 Å². The van der Waals surface area contributed by atoms with E-state index in [1.165, 1.54) is 0 Å². The standard InChI is InChI=1S/C12H11BrN2O2/c1-8(16)11-3-2-4-15-12(11)17-10-5-9(13)6-14-7-10/h2-8,16H,1H3/t8-/m0/s1. The van der Waals surface area contributed by atoms with Crippen LogP contribution < -0.4 is 4.74 Å². The van der Waals surface area contributed by atoms with Crippen LogP contribution in [0.2, 0.25) is 0 Å². The van der Waals surface area contributed by atoms with Crippen LogP contribution in [0.1, 0.15) is 18.6 Å². The van der Waals surface area contributed by atoms with Gasteiger partial charge in [-0.25, -0.2) is 4.98 Å². The number of aliphatic hydroxyl groups excluding tert-OH is 1. The van der Waals surface area contributed by atoms with E-state index < -0.39 is 6.10 Å². The largest absolute Gasteiger partial charge is 0.437 e. The minimum Gasteiger partial charge on any atom is -0.437 e. The summed E-state index contributed by atoms with van der Waals surface area (Å²) in [6, 6.07) is 5.32. The van der Waals surface area contributed by atoms with Crippen molar-refractivity contribution >= 4 is 15.9 Å². The summed E-state index contributed by atoms with van der Waals surface area (Å²) >= 11 is 3.31. The number of ether oxygens (including phenoxy) is 1. The highest BCUT2D eigenvalue weighted by Crippen LogP contribution is 2.27. The Morgan fingerprint density at radius 2 is 2.24 bits per heavy atom. The Balaban J connectivity index is 2.30. The maximum atomic E-state index is 9.59. The van der Waals surface area contributed by atoms with E-state index in [1.54, 1.807) is 43.7 Å². The SMILES string of the molecule is C[C@H](O)c1cccnc1Oc1cncc(Br)c1. The molecule has 4 nitrogen and oxygen atoms in total. The van der Waals surface area contributed by atoms with Gasteiger partial charge in [-0.2, -0.15) is 0 Å². The molecule has 5 heteroatoms. The van der Waals surface area contributed by atoms with Gasteiger partial charge in [-0.1, -0.05) is 0 Å². The van der Waals surface area contributed by atoms with Crippen LogP contribution in [0.4, 0.5) is 0 Å². The highest BCUT2D eigenvalue weighted by atomic mass is 79.9. The number of pyridine rings is 2. The van der Waals surface area contributed by atoms with E-state index in [0.29, 0.717) is 17.2 Å². The molecule has 2 aromatic heterocycles. The number of aliphatic hydroxyl groups is 1. The van der Waals surface area contributed by atoms with Gasteiger partial charge in [0.25, 0.3) is 0 Å². The van der Waals surface area contributed by atoms with Gasteiger partial charge in [0.05, 0.1) is 12.3 Å². The molecule has 2 aromatic rings. The second-order valence-electron chi connectivity index (χ2n) is 3.51. The summed E-state index contributed by atoms with van der Waals surface area (Å²) in [4.78, 5) is 8.09. The Morgan fingerprint density at radius 3 is 2.94 bits per heavy atom. The van der Waals surface area contributed by atoms with E-state index >= 15 is 0 Å². The summed E-state index contributed by atoms with van der Waals surface area (Å²) in [5.41, 5.74) is 0.646. The van der Waals surface area contributed by atoms with Crippen LogP contribution >= 0.6 is 15.9 Å². The first kappa shape index (κ1) is 12.0. The molecule has 88 valence electrons. The van der Waals surface area contributed by atoms with Crippen molar-refractivity contribution in [1.82, 2.24) is 9.97 Å². The molecule has 0 spiro atoms. The minimum absolute atomic E-state index is 0.391. The molecule has 0 aliphatic rings. The molecule has 0 radical (unpaired) electrons. The van der Waals surface area contributed by atoms with Gasteiger partial charge in [0.2, 0.25) is 5.88 Å². The third kappa shape index (κ3) is 3.01. The molecule has 0 aromatic carbocycles. The Kier molecular flexibility index (Phi) is 3.71. The summed E-state index contributed by atoms with van der Waals surface area (Å²) < 4.78 is 6.41. The first-order chi connectivity index (χ1) is 8.16. The fourth-order valence-electron chi connectivity index (χ4n) is 1.37. The van der Waals surface area contributed by atoms with Crippen molar-refractivity contribution in [3.05, 3.63) is 46.8 Å². The van der Waals surface area contributed by atoms with Crippen LogP contribution in [0, 0.1) is 0 Å².